The SMILES string of the molecule is COC(=N)c1ccc(OCc2ccccc2)cc1F. The molecule has 1 N–H and O–H groups in total. The predicted molar refractivity (Wildman–Crippen MR) is 71.0 cm³/mol. The minimum atomic E-state index is -0.530. The first kappa shape index (κ1) is 13.1. The molecule has 0 aliphatic carbocycles. The van der Waals surface area contributed by atoms with E-state index < -0.39 is 5.82 Å². The van der Waals surface area contributed by atoms with Crippen molar-refractivity contribution in [2.75, 3.05) is 7.11 Å². The summed E-state index contributed by atoms with van der Waals surface area (Å²) in [5.41, 5.74) is 1.13. The summed E-state index contributed by atoms with van der Waals surface area (Å²) in [4.78, 5) is 0. The van der Waals surface area contributed by atoms with Crippen molar-refractivity contribution in [2.45, 2.75) is 6.61 Å². The highest BCUT2D eigenvalue weighted by Crippen LogP contribution is 2.18. The van der Waals surface area contributed by atoms with Crippen molar-refractivity contribution < 1.29 is 13.9 Å². The van der Waals surface area contributed by atoms with Gasteiger partial charge in [0, 0.05) is 6.07 Å². The molecular formula is C15H14FNO2. The van der Waals surface area contributed by atoms with Crippen LogP contribution in [0.3, 0.4) is 0 Å². The molecule has 0 fully saturated rings. The Bertz CT molecular complexity index is 570. The van der Waals surface area contributed by atoms with Crippen molar-refractivity contribution in [3.8, 4) is 5.75 Å². The Morgan fingerprint density at radius 1 is 1.16 bits per heavy atom. The van der Waals surface area contributed by atoms with E-state index in [1.807, 2.05) is 30.3 Å². The Balaban J connectivity index is 2.06. The molecule has 0 aromatic heterocycles. The van der Waals surface area contributed by atoms with Crippen LogP contribution >= 0.6 is 0 Å². The molecule has 3 nitrogen and oxygen atoms in total. The Labute approximate surface area is 111 Å². The molecule has 2 aromatic carbocycles. The van der Waals surface area contributed by atoms with Gasteiger partial charge in [-0.15, -0.1) is 0 Å². The van der Waals surface area contributed by atoms with Gasteiger partial charge in [0.25, 0.3) is 0 Å². The van der Waals surface area contributed by atoms with Crippen LogP contribution in [0.25, 0.3) is 0 Å². The van der Waals surface area contributed by atoms with E-state index in [1.165, 1.54) is 19.2 Å². The highest BCUT2D eigenvalue weighted by molar-refractivity contribution is 5.91. The Morgan fingerprint density at radius 2 is 1.89 bits per heavy atom. The summed E-state index contributed by atoms with van der Waals surface area (Å²) in [5, 5.41) is 7.42. The number of halogens is 1. The van der Waals surface area contributed by atoms with Crippen molar-refractivity contribution in [1.29, 1.82) is 5.41 Å². The van der Waals surface area contributed by atoms with E-state index in [1.54, 1.807) is 6.07 Å². The molecule has 0 unspecified atom stereocenters. The van der Waals surface area contributed by atoms with E-state index in [0.29, 0.717) is 12.4 Å². The second-order valence-electron chi connectivity index (χ2n) is 3.95. The monoisotopic (exact) mass is 259 g/mol. The van der Waals surface area contributed by atoms with E-state index in [4.69, 9.17) is 10.1 Å². The van der Waals surface area contributed by atoms with E-state index >= 15 is 0 Å². The van der Waals surface area contributed by atoms with E-state index in [2.05, 4.69) is 4.74 Å². The first-order valence-electron chi connectivity index (χ1n) is 5.80. The summed E-state index contributed by atoms with van der Waals surface area (Å²) >= 11 is 0. The fourth-order valence-corrected chi connectivity index (χ4v) is 1.62. The first-order valence-corrected chi connectivity index (χ1v) is 5.80. The highest BCUT2D eigenvalue weighted by atomic mass is 19.1. The third-order valence-electron chi connectivity index (χ3n) is 2.64. The fraction of sp³-hybridized carbons (Fsp3) is 0.133. The van der Waals surface area contributed by atoms with Crippen LogP contribution in [0.1, 0.15) is 11.1 Å². The number of rotatable bonds is 4. The normalized spacial score (nSPS) is 10.0. The zero-order valence-corrected chi connectivity index (χ0v) is 10.5. The van der Waals surface area contributed by atoms with Crippen LogP contribution in [0.4, 0.5) is 4.39 Å². The molecule has 0 amide bonds. The van der Waals surface area contributed by atoms with Crippen LogP contribution < -0.4 is 4.74 Å². The Kier molecular flexibility index (Phi) is 4.13. The zero-order chi connectivity index (χ0) is 13.7. The molecule has 2 rings (SSSR count). The smallest absolute Gasteiger partial charge is 0.215 e. The summed E-state index contributed by atoms with van der Waals surface area (Å²) in [5.74, 6) is -0.307. The van der Waals surface area contributed by atoms with Crippen molar-refractivity contribution in [3.05, 3.63) is 65.5 Å². The largest absolute Gasteiger partial charge is 0.489 e. The van der Waals surface area contributed by atoms with Crippen molar-refractivity contribution in [3.63, 3.8) is 0 Å². The Morgan fingerprint density at radius 3 is 2.53 bits per heavy atom. The number of hydrogen-bond donors (Lipinski definition) is 1. The maximum Gasteiger partial charge on any atom is 0.215 e. The van der Waals surface area contributed by atoms with E-state index in [0.717, 1.165) is 5.56 Å². The van der Waals surface area contributed by atoms with Crippen molar-refractivity contribution in [1.82, 2.24) is 0 Å². The number of benzene rings is 2. The molecule has 0 radical (unpaired) electrons. The highest BCUT2D eigenvalue weighted by Gasteiger charge is 2.09. The van der Waals surface area contributed by atoms with Gasteiger partial charge in [-0.2, -0.15) is 0 Å². The van der Waals surface area contributed by atoms with Crippen molar-refractivity contribution in [2.24, 2.45) is 0 Å². The molecule has 4 heteroatoms. The molecule has 0 spiro atoms. The molecule has 0 saturated carbocycles. The average Bonchev–Trinajstić information content (AvgIpc) is 2.45. The molecule has 98 valence electrons. The van der Waals surface area contributed by atoms with Gasteiger partial charge < -0.3 is 9.47 Å². The summed E-state index contributed by atoms with van der Waals surface area (Å²) in [6.07, 6.45) is 0. The zero-order valence-electron chi connectivity index (χ0n) is 10.5. The van der Waals surface area contributed by atoms with Gasteiger partial charge in [0.15, 0.2) is 0 Å². The van der Waals surface area contributed by atoms with Gasteiger partial charge in [-0.25, -0.2) is 4.39 Å². The minimum absolute atomic E-state index is 0.120. The molecular weight excluding hydrogens is 245 g/mol. The quantitative estimate of drug-likeness (QED) is 0.675. The maximum atomic E-state index is 13.7. The topological polar surface area (TPSA) is 42.3 Å². The van der Waals surface area contributed by atoms with Gasteiger partial charge in [-0.1, -0.05) is 30.3 Å². The van der Waals surface area contributed by atoms with Crippen LogP contribution in [0, 0.1) is 11.2 Å². The van der Waals surface area contributed by atoms with Gasteiger partial charge in [-0.05, 0) is 17.7 Å². The van der Waals surface area contributed by atoms with Crippen LogP contribution in [-0.4, -0.2) is 13.0 Å². The lowest BCUT2D eigenvalue weighted by Gasteiger charge is -2.08. The number of hydrogen-bond acceptors (Lipinski definition) is 3. The van der Waals surface area contributed by atoms with Gasteiger partial charge in [-0.3, -0.25) is 5.41 Å². The molecule has 0 bridgehead atoms. The molecule has 0 aliphatic rings. The van der Waals surface area contributed by atoms with Crippen LogP contribution in [0.5, 0.6) is 5.75 Å². The van der Waals surface area contributed by atoms with Crippen LogP contribution in [0.2, 0.25) is 0 Å². The number of ether oxygens (including phenoxy) is 2. The third-order valence-corrected chi connectivity index (χ3v) is 2.64. The number of methoxy groups -OCH3 is 1. The first-order chi connectivity index (χ1) is 9.20. The van der Waals surface area contributed by atoms with Gasteiger partial charge >= 0.3 is 0 Å². The summed E-state index contributed by atoms with van der Waals surface area (Å²) in [7, 11) is 1.33. The summed E-state index contributed by atoms with van der Waals surface area (Å²) in [6, 6.07) is 14.0. The lowest BCUT2D eigenvalue weighted by molar-refractivity contribution is 0.304. The lowest BCUT2D eigenvalue weighted by atomic mass is 10.2. The predicted octanol–water partition coefficient (Wildman–Crippen LogP) is 3.38. The molecule has 2 aromatic rings. The molecule has 0 heterocycles. The summed E-state index contributed by atoms with van der Waals surface area (Å²) < 4.78 is 23.9. The third kappa shape index (κ3) is 3.31. The maximum absolute atomic E-state index is 13.7. The van der Waals surface area contributed by atoms with E-state index in [-0.39, 0.29) is 11.5 Å². The summed E-state index contributed by atoms with van der Waals surface area (Å²) in [6.45, 7) is 0.376. The molecule has 19 heavy (non-hydrogen) atoms. The van der Waals surface area contributed by atoms with Crippen molar-refractivity contribution >= 4 is 5.90 Å². The molecule has 0 atom stereocenters. The van der Waals surface area contributed by atoms with Crippen LogP contribution in [-0.2, 0) is 11.3 Å². The second kappa shape index (κ2) is 6.00. The number of nitrogens with one attached hydrogen (secondary N) is 1. The fourth-order valence-electron chi connectivity index (χ4n) is 1.62. The van der Waals surface area contributed by atoms with Crippen LogP contribution in [0.15, 0.2) is 48.5 Å². The lowest BCUT2D eigenvalue weighted by Crippen LogP contribution is -2.05. The van der Waals surface area contributed by atoms with Gasteiger partial charge in [0.2, 0.25) is 5.90 Å². The van der Waals surface area contributed by atoms with Gasteiger partial charge in [0.1, 0.15) is 18.2 Å². The standard InChI is InChI=1S/C15H14FNO2/c1-18-15(17)13-8-7-12(9-14(13)16)19-10-11-5-3-2-4-6-11/h2-9,17H,10H2,1H3. The van der Waals surface area contributed by atoms with E-state index in [9.17, 15) is 4.39 Å². The molecule has 0 aliphatic heterocycles. The van der Waals surface area contributed by atoms with Gasteiger partial charge in [0.05, 0.1) is 12.7 Å². The minimum Gasteiger partial charge on any atom is -0.489 e. The Hall–Kier alpha value is -2.36. The average molecular weight is 259 g/mol. The second-order valence-corrected chi connectivity index (χ2v) is 3.95. The molecule has 0 saturated heterocycles.